The van der Waals surface area contributed by atoms with Gasteiger partial charge in [0.1, 0.15) is 0 Å². The fraction of sp³-hybridized carbons (Fsp3) is 0.176. The van der Waals surface area contributed by atoms with Crippen molar-refractivity contribution < 1.29 is 8.42 Å². The normalized spacial score (nSPS) is 11.5. The smallest absolute Gasteiger partial charge is 0.175 e. The standard InChI is InChI=1S/C17H16N2O2S2/c1-23(20,21)16-9-5-13(6-10-16)17-4-2-3-14(19-17)7-8-15-11-12-18-22-15/h2-6,9-12H,7-8H2,1H3. The first-order valence-electron chi connectivity index (χ1n) is 7.18. The number of hydrogen-bond acceptors (Lipinski definition) is 5. The summed E-state index contributed by atoms with van der Waals surface area (Å²) in [6, 6.07) is 14.8. The monoisotopic (exact) mass is 344 g/mol. The van der Waals surface area contributed by atoms with Crippen LogP contribution in [0.25, 0.3) is 11.3 Å². The summed E-state index contributed by atoms with van der Waals surface area (Å²) in [6.45, 7) is 0. The van der Waals surface area contributed by atoms with Gasteiger partial charge in [0.2, 0.25) is 0 Å². The molecule has 0 aliphatic rings. The van der Waals surface area contributed by atoms with Crippen LogP contribution in [0.3, 0.4) is 0 Å². The zero-order valence-electron chi connectivity index (χ0n) is 12.6. The van der Waals surface area contributed by atoms with E-state index in [1.54, 1.807) is 24.3 Å². The van der Waals surface area contributed by atoms with E-state index in [0.717, 1.165) is 29.8 Å². The second-order valence-corrected chi connectivity index (χ2v) is 8.22. The Morgan fingerprint density at radius 3 is 2.43 bits per heavy atom. The Hall–Kier alpha value is -2.05. The summed E-state index contributed by atoms with van der Waals surface area (Å²) in [5, 5.41) is 0. The molecule has 3 aromatic rings. The van der Waals surface area contributed by atoms with Gasteiger partial charge in [-0.3, -0.25) is 4.98 Å². The van der Waals surface area contributed by atoms with Crippen LogP contribution in [0.15, 0.2) is 59.6 Å². The van der Waals surface area contributed by atoms with Gasteiger partial charge in [-0.2, -0.15) is 0 Å². The highest BCUT2D eigenvalue weighted by atomic mass is 32.2. The number of rotatable bonds is 5. The lowest BCUT2D eigenvalue weighted by molar-refractivity contribution is 0.602. The Bertz CT molecular complexity index is 887. The summed E-state index contributed by atoms with van der Waals surface area (Å²) in [5.41, 5.74) is 2.78. The van der Waals surface area contributed by atoms with E-state index in [4.69, 9.17) is 0 Å². The fourth-order valence-electron chi connectivity index (χ4n) is 2.27. The molecule has 6 heteroatoms. The lowest BCUT2D eigenvalue weighted by Crippen LogP contribution is -1.97. The van der Waals surface area contributed by atoms with Gasteiger partial charge in [0.25, 0.3) is 0 Å². The van der Waals surface area contributed by atoms with Gasteiger partial charge < -0.3 is 0 Å². The number of hydrogen-bond donors (Lipinski definition) is 0. The number of nitrogens with zero attached hydrogens (tertiary/aromatic N) is 2. The lowest BCUT2D eigenvalue weighted by Gasteiger charge is -2.05. The zero-order chi connectivity index (χ0) is 16.3. The number of pyridine rings is 1. The van der Waals surface area contributed by atoms with Gasteiger partial charge in [-0.1, -0.05) is 18.2 Å². The average molecular weight is 344 g/mol. The molecule has 1 aromatic carbocycles. The molecule has 2 aromatic heterocycles. The van der Waals surface area contributed by atoms with Gasteiger partial charge in [-0.05, 0) is 54.7 Å². The largest absolute Gasteiger partial charge is 0.253 e. The molecule has 0 amide bonds. The van der Waals surface area contributed by atoms with Crippen LogP contribution in [0.1, 0.15) is 10.6 Å². The Labute approximate surface area is 139 Å². The first kappa shape index (κ1) is 15.8. The maximum absolute atomic E-state index is 11.5. The number of benzene rings is 1. The van der Waals surface area contributed by atoms with Crippen LogP contribution in [0, 0.1) is 0 Å². The van der Waals surface area contributed by atoms with Crippen molar-refractivity contribution in [1.82, 2.24) is 9.36 Å². The minimum atomic E-state index is -3.17. The Kier molecular flexibility index (Phi) is 4.54. The molecule has 0 aliphatic carbocycles. The van der Waals surface area contributed by atoms with E-state index < -0.39 is 9.84 Å². The lowest BCUT2D eigenvalue weighted by atomic mass is 10.1. The molecule has 0 N–H and O–H groups in total. The van der Waals surface area contributed by atoms with E-state index >= 15 is 0 Å². The third-order valence-corrected chi connectivity index (χ3v) is 5.43. The van der Waals surface area contributed by atoms with Crippen molar-refractivity contribution in [3.05, 3.63) is 65.3 Å². The minimum Gasteiger partial charge on any atom is -0.253 e. The second-order valence-electron chi connectivity index (χ2n) is 5.29. The molecule has 0 saturated carbocycles. The van der Waals surface area contributed by atoms with Crippen molar-refractivity contribution in [3.63, 3.8) is 0 Å². The summed E-state index contributed by atoms with van der Waals surface area (Å²) in [6.07, 6.45) is 4.80. The summed E-state index contributed by atoms with van der Waals surface area (Å²) in [5.74, 6) is 0. The summed E-state index contributed by atoms with van der Waals surface area (Å²) in [7, 11) is -3.17. The highest BCUT2D eigenvalue weighted by molar-refractivity contribution is 7.90. The van der Waals surface area contributed by atoms with E-state index in [1.165, 1.54) is 22.7 Å². The first-order chi connectivity index (χ1) is 11.0. The van der Waals surface area contributed by atoms with Crippen LogP contribution < -0.4 is 0 Å². The highest BCUT2D eigenvalue weighted by Gasteiger charge is 2.08. The van der Waals surface area contributed by atoms with Crippen molar-refractivity contribution in [2.45, 2.75) is 17.7 Å². The molecule has 23 heavy (non-hydrogen) atoms. The van der Waals surface area contributed by atoms with Crippen LogP contribution in [-0.4, -0.2) is 24.0 Å². The highest BCUT2D eigenvalue weighted by Crippen LogP contribution is 2.20. The zero-order valence-corrected chi connectivity index (χ0v) is 14.3. The van der Waals surface area contributed by atoms with Gasteiger partial charge in [0, 0.05) is 28.6 Å². The SMILES string of the molecule is CS(=O)(=O)c1ccc(-c2cccc(CCc3ccns3)n2)cc1. The molecule has 0 fully saturated rings. The van der Waals surface area contributed by atoms with Gasteiger partial charge in [0.15, 0.2) is 9.84 Å². The summed E-state index contributed by atoms with van der Waals surface area (Å²) in [4.78, 5) is 6.24. The molecule has 0 bridgehead atoms. The number of sulfone groups is 1. The predicted octanol–water partition coefficient (Wildman–Crippen LogP) is 3.39. The Balaban J connectivity index is 1.79. The number of aromatic nitrogens is 2. The minimum absolute atomic E-state index is 0.322. The Morgan fingerprint density at radius 1 is 1.00 bits per heavy atom. The van der Waals surface area contributed by atoms with Crippen LogP contribution in [0.2, 0.25) is 0 Å². The molecule has 118 valence electrons. The maximum atomic E-state index is 11.5. The molecule has 0 aliphatic heterocycles. The van der Waals surface area contributed by atoms with E-state index in [9.17, 15) is 8.42 Å². The van der Waals surface area contributed by atoms with Gasteiger partial charge in [-0.25, -0.2) is 12.8 Å². The van der Waals surface area contributed by atoms with Crippen LogP contribution in [0.5, 0.6) is 0 Å². The molecule has 0 atom stereocenters. The van der Waals surface area contributed by atoms with Crippen molar-refractivity contribution in [2.24, 2.45) is 0 Å². The van der Waals surface area contributed by atoms with E-state index in [-0.39, 0.29) is 0 Å². The quantitative estimate of drug-likeness (QED) is 0.712. The third kappa shape index (κ3) is 4.03. The van der Waals surface area contributed by atoms with Gasteiger partial charge in [-0.15, -0.1) is 0 Å². The molecular weight excluding hydrogens is 328 g/mol. The van der Waals surface area contributed by atoms with Crippen molar-refractivity contribution >= 4 is 21.4 Å². The van der Waals surface area contributed by atoms with Crippen molar-refractivity contribution in [2.75, 3.05) is 6.26 Å². The molecule has 0 radical (unpaired) electrons. The van der Waals surface area contributed by atoms with E-state index in [0.29, 0.717) is 4.90 Å². The third-order valence-electron chi connectivity index (χ3n) is 3.50. The molecule has 4 nitrogen and oxygen atoms in total. The molecular formula is C17H16N2O2S2. The van der Waals surface area contributed by atoms with E-state index in [2.05, 4.69) is 9.36 Å². The van der Waals surface area contributed by atoms with Gasteiger partial charge in [0.05, 0.1) is 10.6 Å². The molecule has 2 heterocycles. The maximum Gasteiger partial charge on any atom is 0.175 e. The van der Waals surface area contributed by atoms with Crippen molar-refractivity contribution in [3.8, 4) is 11.3 Å². The van der Waals surface area contributed by atoms with Gasteiger partial charge >= 0.3 is 0 Å². The molecule has 3 rings (SSSR count). The summed E-state index contributed by atoms with van der Waals surface area (Å²) >= 11 is 1.51. The van der Waals surface area contributed by atoms with Crippen LogP contribution >= 0.6 is 11.5 Å². The van der Waals surface area contributed by atoms with Crippen molar-refractivity contribution in [1.29, 1.82) is 0 Å². The van der Waals surface area contributed by atoms with E-state index in [1.807, 2.05) is 30.5 Å². The fourth-order valence-corrected chi connectivity index (χ4v) is 3.48. The second kappa shape index (κ2) is 6.60. The molecule has 0 spiro atoms. The van der Waals surface area contributed by atoms with Crippen LogP contribution in [-0.2, 0) is 22.7 Å². The number of aryl methyl sites for hydroxylation is 2. The first-order valence-corrected chi connectivity index (χ1v) is 9.85. The predicted molar refractivity (Wildman–Crippen MR) is 92.3 cm³/mol. The average Bonchev–Trinajstić information content (AvgIpc) is 3.06. The molecule has 0 saturated heterocycles. The Morgan fingerprint density at radius 2 is 1.78 bits per heavy atom. The summed E-state index contributed by atoms with van der Waals surface area (Å²) < 4.78 is 27.1. The van der Waals surface area contributed by atoms with Crippen LogP contribution in [0.4, 0.5) is 0 Å². The molecule has 0 unspecified atom stereocenters. The topological polar surface area (TPSA) is 59.9 Å².